The first-order valence-corrected chi connectivity index (χ1v) is 34.3. The van der Waals surface area contributed by atoms with Gasteiger partial charge in [-0.25, -0.2) is 0 Å². The van der Waals surface area contributed by atoms with Gasteiger partial charge in [0, 0.05) is 19.3 Å². The van der Waals surface area contributed by atoms with Gasteiger partial charge in [-0.3, -0.25) is 14.4 Å². The predicted octanol–water partition coefficient (Wildman–Crippen LogP) is 23.5. The zero-order valence-corrected chi connectivity index (χ0v) is 52.2. The lowest BCUT2D eigenvalue weighted by Gasteiger charge is -2.18. The summed E-state index contributed by atoms with van der Waals surface area (Å²) < 4.78 is 16.9. The van der Waals surface area contributed by atoms with Crippen molar-refractivity contribution in [3.63, 3.8) is 0 Å². The molecule has 0 fully saturated rings. The van der Waals surface area contributed by atoms with Gasteiger partial charge in [-0.15, -0.1) is 0 Å². The first-order chi connectivity index (χ1) is 38.5. The van der Waals surface area contributed by atoms with Crippen molar-refractivity contribution in [3.8, 4) is 0 Å². The lowest BCUT2D eigenvalue weighted by Crippen LogP contribution is -2.30. The molecule has 0 saturated carbocycles. The average molecular weight is 1090 g/mol. The standard InChI is InChI=1S/C72H130O6/c1-4-7-10-13-16-19-22-24-26-28-30-32-34-35-36-37-39-40-42-44-46-48-50-53-56-59-62-65-71(74)77-68-69(67-76-70(73)64-61-58-55-52-21-18-15-12-9-6-3)78-72(75)66-63-60-57-54-51-49-47-45-43-41-38-33-31-29-27-25-23-20-17-14-11-8-5-2/h8,11,17,20,25,27,31,33,41,43,69H,4-7,9-10,12-16,18-19,21-24,26,28-30,32,34-40,42,44-68H2,1-3H3/b11-8-,20-17-,27-25-,33-31-,43-41-. The third kappa shape index (κ3) is 63.9. The lowest BCUT2D eigenvalue weighted by atomic mass is 10.0. The maximum Gasteiger partial charge on any atom is 0.306 e. The second-order valence-electron chi connectivity index (χ2n) is 23.1. The minimum absolute atomic E-state index is 0.0742. The summed E-state index contributed by atoms with van der Waals surface area (Å²) in [5.74, 6) is -0.866. The van der Waals surface area contributed by atoms with E-state index in [0.29, 0.717) is 19.3 Å². The first kappa shape index (κ1) is 75.1. The largest absolute Gasteiger partial charge is 0.462 e. The molecule has 6 nitrogen and oxygen atoms in total. The number of carbonyl (C=O) groups excluding carboxylic acids is 3. The molecular formula is C72H130O6. The summed E-state index contributed by atoms with van der Waals surface area (Å²) in [4.78, 5) is 38.3. The van der Waals surface area contributed by atoms with E-state index < -0.39 is 6.10 Å². The molecule has 454 valence electrons. The van der Waals surface area contributed by atoms with Crippen molar-refractivity contribution in [2.45, 2.75) is 367 Å². The van der Waals surface area contributed by atoms with Gasteiger partial charge in [0.05, 0.1) is 0 Å². The van der Waals surface area contributed by atoms with E-state index in [0.717, 1.165) is 96.3 Å². The fourth-order valence-electron chi connectivity index (χ4n) is 10.2. The second kappa shape index (κ2) is 66.6. The van der Waals surface area contributed by atoms with E-state index >= 15 is 0 Å². The molecule has 0 N–H and O–H groups in total. The van der Waals surface area contributed by atoms with Gasteiger partial charge in [0.1, 0.15) is 13.2 Å². The van der Waals surface area contributed by atoms with Crippen molar-refractivity contribution >= 4 is 17.9 Å². The Hall–Kier alpha value is -2.89. The van der Waals surface area contributed by atoms with E-state index in [1.54, 1.807) is 0 Å². The molecule has 0 aromatic rings. The Bertz CT molecular complexity index is 1390. The summed E-state index contributed by atoms with van der Waals surface area (Å²) >= 11 is 0. The molecule has 0 radical (unpaired) electrons. The lowest BCUT2D eigenvalue weighted by molar-refractivity contribution is -0.167. The number of allylic oxidation sites excluding steroid dienone is 10. The normalized spacial score (nSPS) is 12.4. The Kier molecular flexibility index (Phi) is 64.2. The van der Waals surface area contributed by atoms with Crippen molar-refractivity contribution in [1.82, 2.24) is 0 Å². The highest BCUT2D eigenvalue weighted by Gasteiger charge is 2.19. The molecule has 0 aromatic heterocycles. The molecule has 0 aromatic carbocycles. The highest BCUT2D eigenvalue weighted by atomic mass is 16.6. The third-order valence-electron chi connectivity index (χ3n) is 15.3. The molecule has 0 aliphatic rings. The zero-order valence-electron chi connectivity index (χ0n) is 52.2. The summed E-state index contributed by atoms with van der Waals surface area (Å²) in [7, 11) is 0. The van der Waals surface area contributed by atoms with Crippen LogP contribution in [0, 0.1) is 0 Å². The minimum atomic E-state index is -0.778. The number of esters is 3. The Morgan fingerprint density at radius 3 is 0.782 bits per heavy atom. The monoisotopic (exact) mass is 1090 g/mol. The van der Waals surface area contributed by atoms with Crippen LogP contribution in [0.2, 0.25) is 0 Å². The number of hydrogen-bond donors (Lipinski definition) is 0. The van der Waals surface area contributed by atoms with E-state index in [1.165, 1.54) is 225 Å². The van der Waals surface area contributed by atoms with E-state index in [-0.39, 0.29) is 31.1 Å². The van der Waals surface area contributed by atoms with Crippen LogP contribution in [0.5, 0.6) is 0 Å². The van der Waals surface area contributed by atoms with Crippen LogP contribution >= 0.6 is 0 Å². The smallest absolute Gasteiger partial charge is 0.306 e. The number of ether oxygens (including phenoxy) is 3. The molecule has 0 spiro atoms. The third-order valence-corrected chi connectivity index (χ3v) is 15.3. The summed E-state index contributed by atoms with van der Waals surface area (Å²) in [6.07, 6.45) is 85.4. The van der Waals surface area contributed by atoms with Crippen LogP contribution < -0.4 is 0 Å². The summed E-state index contributed by atoms with van der Waals surface area (Å²) in [5.41, 5.74) is 0. The van der Waals surface area contributed by atoms with Gasteiger partial charge >= 0.3 is 17.9 Å². The topological polar surface area (TPSA) is 78.9 Å². The molecule has 0 aliphatic heterocycles. The van der Waals surface area contributed by atoms with Gasteiger partial charge in [-0.05, 0) is 64.2 Å². The maximum atomic E-state index is 12.9. The molecule has 0 rings (SSSR count). The van der Waals surface area contributed by atoms with E-state index in [4.69, 9.17) is 14.2 Å². The van der Waals surface area contributed by atoms with Crippen molar-refractivity contribution in [3.05, 3.63) is 60.8 Å². The van der Waals surface area contributed by atoms with Gasteiger partial charge in [0.2, 0.25) is 0 Å². The number of rotatable bonds is 63. The van der Waals surface area contributed by atoms with Gasteiger partial charge in [0.25, 0.3) is 0 Å². The van der Waals surface area contributed by atoms with Crippen molar-refractivity contribution in [1.29, 1.82) is 0 Å². The molecule has 0 amide bonds. The van der Waals surface area contributed by atoms with Crippen LogP contribution in [0.3, 0.4) is 0 Å². The Morgan fingerprint density at radius 2 is 0.500 bits per heavy atom. The molecule has 6 heteroatoms. The van der Waals surface area contributed by atoms with Gasteiger partial charge in [0.15, 0.2) is 6.10 Å². The Morgan fingerprint density at radius 1 is 0.269 bits per heavy atom. The quantitative estimate of drug-likeness (QED) is 0.0261. The SMILES string of the molecule is CC/C=C\C/C=C\C/C=C\C/C=C\C/C=C\CCCCCCCCCC(=O)OC(COC(=O)CCCCCCCCCCCC)COC(=O)CCCCCCCCCCCCCCCCCCCCCCCCCCCCC. The number of carbonyl (C=O) groups is 3. The van der Waals surface area contributed by atoms with Gasteiger partial charge < -0.3 is 14.2 Å². The molecule has 78 heavy (non-hydrogen) atoms. The fourth-order valence-corrected chi connectivity index (χ4v) is 10.2. The van der Waals surface area contributed by atoms with Crippen LogP contribution in [0.1, 0.15) is 361 Å². The highest BCUT2D eigenvalue weighted by Crippen LogP contribution is 2.18. The van der Waals surface area contributed by atoms with Crippen molar-refractivity contribution in [2.24, 2.45) is 0 Å². The van der Waals surface area contributed by atoms with E-state index in [2.05, 4.69) is 81.5 Å². The summed E-state index contributed by atoms with van der Waals surface area (Å²) in [6.45, 7) is 6.56. The molecule has 0 aliphatic carbocycles. The van der Waals surface area contributed by atoms with Crippen molar-refractivity contribution in [2.75, 3.05) is 13.2 Å². The predicted molar refractivity (Wildman–Crippen MR) is 339 cm³/mol. The molecular weight excluding hydrogens is 961 g/mol. The molecule has 1 atom stereocenters. The van der Waals surface area contributed by atoms with Crippen LogP contribution in [0.4, 0.5) is 0 Å². The fraction of sp³-hybridized carbons (Fsp3) is 0.819. The van der Waals surface area contributed by atoms with Crippen LogP contribution in [0.25, 0.3) is 0 Å². The number of unbranched alkanes of at least 4 members (excludes halogenated alkanes) is 42. The molecule has 1 unspecified atom stereocenters. The van der Waals surface area contributed by atoms with Gasteiger partial charge in [-0.2, -0.15) is 0 Å². The molecule has 0 bridgehead atoms. The van der Waals surface area contributed by atoms with Crippen LogP contribution in [-0.2, 0) is 28.6 Å². The Labute approximate surface area is 485 Å². The highest BCUT2D eigenvalue weighted by molar-refractivity contribution is 5.71. The second-order valence-corrected chi connectivity index (χ2v) is 23.1. The average Bonchev–Trinajstić information content (AvgIpc) is 3.44. The maximum absolute atomic E-state index is 12.9. The first-order valence-electron chi connectivity index (χ1n) is 34.3. The minimum Gasteiger partial charge on any atom is -0.462 e. The van der Waals surface area contributed by atoms with E-state index in [1.807, 2.05) is 0 Å². The number of hydrogen-bond acceptors (Lipinski definition) is 6. The molecule has 0 saturated heterocycles. The van der Waals surface area contributed by atoms with Crippen molar-refractivity contribution < 1.29 is 28.6 Å². The van der Waals surface area contributed by atoms with Crippen LogP contribution in [0.15, 0.2) is 60.8 Å². The van der Waals surface area contributed by atoms with E-state index in [9.17, 15) is 14.4 Å². The summed E-state index contributed by atoms with van der Waals surface area (Å²) in [5, 5.41) is 0. The Balaban J connectivity index is 4.18. The van der Waals surface area contributed by atoms with Crippen LogP contribution in [-0.4, -0.2) is 37.2 Å². The van der Waals surface area contributed by atoms with Gasteiger partial charge in [-0.1, -0.05) is 338 Å². The summed E-state index contributed by atoms with van der Waals surface area (Å²) in [6, 6.07) is 0. The molecule has 0 heterocycles. The zero-order chi connectivity index (χ0) is 56.4.